The molecule has 4 heteroatoms. The maximum absolute atomic E-state index is 8.81. The van der Waals surface area contributed by atoms with Gasteiger partial charge in [-0.1, -0.05) is 6.07 Å². The third-order valence-electron chi connectivity index (χ3n) is 3.16. The predicted octanol–water partition coefficient (Wildman–Crippen LogP) is 0.628. The van der Waals surface area contributed by atoms with Crippen LogP contribution in [0.4, 0.5) is 0 Å². The van der Waals surface area contributed by atoms with Crippen LogP contribution in [0.3, 0.4) is 0 Å². The number of aliphatic hydroxyl groups excluding tert-OH is 1. The van der Waals surface area contributed by atoms with Crippen molar-refractivity contribution in [2.45, 2.75) is 25.4 Å². The second-order valence-corrected chi connectivity index (χ2v) is 4.57. The van der Waals surface area contributed by atoms with Crippen LogP contribution in [-0.4, -0.2) is 47.3 Å². The number of piperidine rings is 1. The van der Waals surface area contributed by atoms with Crippen LogP contribution < -0.4 is 5.32 Å². The lowest BCUT2D eigenvalue weighted by Gasteiger charge is -2.32. The fourth-order valence-electron chi connectivity index (χ4n) is 2.36. The van der Waals surface area contributed by atoms with Crippen molar-refractivity contribution in [3.8, 4) is 0 Å². The molecule has 1 aromatic rings. The number of hydrogen-bond acceptors (Lipinski definition) is 4. The van der Waals surface area contributed by atoms with E-state index in [2.05, 4.69) is 21.3 Å². The van der Waals surface area contributed by atoms with Gasteiger partial charge in [0.2, 0.25) is 0 Å². The number of rotatable bonds is 5. The molecule has 1 unspecified atom stereocenters. The summed E-state index contributed by atoms with van der Waals surface area (Å²) in [4.78, 5) is 6.79. The van der Waals surface area contributed by atoms with Crippen LogP contribution in [0.5, 0.6) is 0 Å². The summed E-state index contributed by atoms with van der Waals surface area (Å²) >= 11 is 0. The van der Waals surface area contributed by atoms with Crippen molar-refractivity contribution in [3.63, 3.8) is 0 Å². The van der Waals surface area contributed by atoms with Crippen molar-refractivity contribution in [1.29, 1.82) is 0 Å². The van der Waals surface area contributed by atoms with Crippen LogP contribution in [0, 0.1) is 0 Å². The van der Waals surface area contributed by atoms with Gasteiger partial charge in [-0.3, -0.25) is 9.88 Å². The van der Waals surface area contributed by atoms with Crippen molar-refractivity contribution < 1.29 is 5.11 Å². The molecule has 0 amide bonds. The van der Waals surface area contributed by atoms with Crippen LogP contribution >= 0.6 is 0 Å². The molecule has 2 rings (SSSR count). The second-order valence-electron chi connectivity index (χ2n) is 4.57. The molecule has 0 aliphatic carbocycles. The van der Waals surface area contributed by atoms with Gasteiger partial charge in [0.15, 0.2) is 0 Å². The summed E-state index contributed by atoms with van der Waals surface area (Å²) in [6.45, 7) is 4.04. The number of nitrogens with one attached hydrogen (secondary N) is 1. The molecule has 2 heterocycles. The molecule has 4 nitrogen and oxygen atoms in total. The number of nitrogens with zero attached hydrogens (tertiary/aromatic N) is 2. The highest BCUT2D eigenvalue weighted by Crippen LogP contribution is 2.12. The van der Waals surface area contributed by atoms with Crippen LogP contribution in [0.25, 0.3) is 0 Å². The Kier molecular flexibility index (Phi) is 4.91. The van der Waals surface area contributed by atoms with E-state index < -0.39 is 0 Å². The van der Waals surface area contributed by atoms with Crippen molar-refractivity contribution in [2.75, 3.05) is 26.2 Å². The van der Waals surface area contributed by atoms with Crippen molar-refractivity contribution in [2.24, 2.45) is 0 Å². The quantitative estimate of drug-likeness (QED) is 0.786. The molecule has 0 radical (unpaired) electrons. The Labute approximate surface area is 103 Å². The minimum atomic E-state index is 0.219. The van der Waals surface area contributed by atoms with Crippen LogP contribution in [-0.2, 0) is 6.54 Å². The molecule has 2 N–H and O–H groups in total. The van der Waals surface area contributed by atoms with Gasteiger partial charge in [0.1, 0.15) is 0 Å². The van der Waals surface area contributed by atoms with Gasteiger partial charge in [-0.15, -0.1) is 0 Å². The molecular weight excluding hydrogens is 214 g/mol. The van der Waals surface area contributed by atoms with Gasteiger partial charge in [0.05, 0.1) is 12.3 Å². The molecular formula is C13H21N3O. The standard InChI is InChI=1S/C13H21N3O/c17-9-7-15-13-5-3-8-16(11-13)10-12-4-1-2-6-14-12/h1-2,4,6,13,15,17H,3,5,7-11H2. The van der Waals surface area contributed by atoms with Gasteiger partial charge in [-0.05, 0) is 31.5 Å². The summed E-state index contributed by atoms with van der Waals surface area (Å²) in [5.74, 6) is 0. The number of aliphatic hydroxyl groups is 1. The van der Waals surface area contributed by atoms with E-state index >= 15 is 0 Å². The van der Waals surface area contributed by atoms with E-state index in [-0.39, 0.29) is 6.61 Å². The lowest BCUT2D eigenvalue weighted by Crippen LogP contribution is -2.46. The highest BCUT2D eigenvalue weighted by molar-refractivity contribution is 5.03. The summed E-state index contributed by atoms with van der Waals surface area (Å²) in [7, 11) is 0. The predicted molar refractivity (Wildman–Crippen MR) is 67.6 cm³/mol. The Morgan fingerprint density at radius 1 is 1.47 bits per heavy atom. The monoisotopic (exact) mass is 235 g/mol. The molecule has 17 heavy (non-hydrogen) atoms. The number of likely N-dealkylation sites (tertiary alicyclic amines) is 1. The smallest absolute Gasteiger partial charge is 0.0556 e. The zero-order chi connectivity index (χ0) is 11.9. The van der Waals surface area contributed by atoms with Gasteiger partial charge in [0, 0.05) is 31.9 Å². The SMILES string of the molecule is OCCNC1CCCN(Cc2ccccn2)C1. The molecule has 1 atom stereocenters. The summed E-state index contributed by atoms with van der Waals surface area (Å²) in [6, 6.07) is 6.57. The molecule has 1 fully saturated rings. The van der Waals surface area contributed by atoms with Crippen molar-refractivity contribution in [3.05, 3.63) is 30.1 Å². The highest BCUT2D eigenvalue weighted by atomic mass is 16.3. The fourth-order valence-corrected chi connectivity index (χ4v) is 2.36. The third-order valence-corrected chi connectivity index (χ3v) is 3.16. The summed E-state index contributed by atoms with van der Waals surface area (Å²) < 4.78 is 0. The third kappa shape index (κ3) is 4.07. The maximum atomic E-state index is 8.81. The lowest BCUT2D eigenvalue weighted by molar-refractivity contribution is 0.175. The fraction of sp³-hybridized carbons (Fsp3) is 0.615. The highest BCUT2D eigenvalue weighted by Gasteiger charge is 2.19. The van der Waals surface area contributed by atoms with Gasteiger partial charge in [-0.2, -0.15) is 0 Å². The first-order chi connectivity index (χ1) is 8.38. The van der Waals surface area contributed by atoms with E-state index in [1.807, 2.05) is 18.3 Å². The second kappa shape index (κ2) is 6.69. The first-order valence-electron chi connectivity index (χ1n) is 6.35. The van der Waals surface area contributed by atoms with Crippen LogP contribution in [0.15, 0.2) is 24.4 Å². The topological polar surface area (TPSA) is 48.4 Å². The Balaban J connectivity index is 1.81. The number of aromatic nitrogens is 1. The minimum Gasteiger partial charge on any atom is -0.395 e. The molecule has 0 aromatic carbocycles. The van der Waals surface area contributed by atoms with E-state index in [0.29, 0.717) is 12.6 Å². The molecule has 1 aromatic heterocycles. The molecule has 1 aliphatic rings. The minimum absolute atomic E-state index is 0.219. The van der Waals surface area contributed by atoms with Gasteiger partial charge in [-0.25, -0.2) is 0 Å². The summed E-state index contributed by atoms with van der Waals surface area (Å²) in [5, 5.41) is 12.2. The largest absolute Gasteiger partial charge is 0.395 e. The van der Waals surface area contributed by atoms with Gasteiger partial charge in [0.25, 0.3) is 0 Å². The van der Waals surface area contributed by atoms with Crippen LogP contribution in [0.1, 0.15) is 18.5 Å². The van der Waals surface area contributed by atoms with E-state index in [9.17, 15) is 0 Å². The van der Waals surface area contributed by atoms with Gasteiger partial charge >= 0.3 is 0 Å². The van der Waals surface area contributed by atoms with E-state index in [1.165, 1.54) is 12.8 Å². The molecule has 1 saturated heterocycles. The normalized spacial score (nSPS) is 21.6. The maximum Gasteiger partial charge on any atom is 0.0556 e. The average molecular weight is 235 g/mol. The van der Waals surface area contributed by atoms with Gasteiger partial charge < -0.3 is 10.4 Å². The summed E-state index contributed by atoms with van der Waals surface area (Å²) in [5.41, 5.74) is 1.13. The van der Waals surface area contributed by atoms with Crippen molar-refractivity contribution in [1.82, 2.24) is 15.2 Å². The first kappa shape index (κ1) is 12.5. The Bertz CT molecular complexity index is 318. The zero-order valence-corrected chi connectivity index (χ0v) is 10.2. The Morgan fingerprint density at radius 2 is 2.41 bits per heavy atom. The molecule has 0 spiro atoms. The van der Waals surface area contributed by atoms with E-state index in [1.54, 1.807) is 0 Å². The molecule has 0 saturated carbocycles. The molecule has 1 aliphatic heterocycles. The summed E-state index contributed by atoms with van der Waals surface area (Å²) in [6.07, 6.45) is 4.27. The molecule has 94 valence electrons. The zero-order valence-electron chi connectivity index (χ0n) is 10.2. The number of pyridine rings is 1. The van der Waals surface area contributed by atoms with E-state index in [4.69, 9.17) is 5.11 Å². The first-order valence-corrected chi connectivity index (χ1v) is 6.35. The Hall–Kier alpha value is -0.970. The molecule has 0 bridgehead atoms. The van der Waals surface area contributed by atoms with Crippen molar-refractivity contribution >= 4 is 0 Å². The van der Waals surface area contributed by atoms with Crippen LogP contribution in [0.2, 0.25) is 0 Å². The number of hydrogen-bond donors (Lipinski definition) is 2. The lowest BCUT2D eigenvalue weighted by atomic mass is 10.1. The van der Waals surface area contributed by atoms with E-state index in [0.717, 1.165) is 25.3 Å². The average Bonchev–Trinajstić information content (AvgIpc) is 2.38. The Morgan fingerprint density at radius 3 is 3.18 bits per heavy atom.